The molecule has 0 amide bonds. The summed E-state index contributed by atoms with van der Waals surface area (Å²) in [6.07, 6.45) is 5.01. The average Bonchev–Trinajstić information content (AvgIpc) is 2.29. The fraction of sp³-hybridized carbons (Fsp3) is 0.500. The number of allylic oxidation sites excluding steroid dienone is 2. The van der Waals surface area contributed by atoms with Crippen LogP contribution < -0.4 is 0 Å². The fourth-order valence-corrected chi connectivity index (χ4v) is 4.08. The maximum atomic E-state index is 2.43. The first kappa shape index (κ1) is 12.8. The van der Waals surface area contributed by atoms with Crippen molar-refractivity contribution < 1.29 is 0 Å². The van der Waals surface area contributed by atoms with Gasteiger partial charge < -0.3 is 0 Å². The second-order valence-corrected chi connectivity index (χ2v) is 6.75. The molecule has 1 aromatic rings. The Bertz CT molecular complexity index is 389. The SMILES string of the molecule is CC1=CCCC(C)(C)C1CSc1ccccc1. The van der Waals surface area contributed by atoms with Crippen molar-refractivity contribution in [2.45, 2.75) is 38.5 Å². The standard InChI is InChI=1S/C16H22S/c1-13-8-7-11-16(2,3)15(13)12-17-14-9-5-4-6-10-14/h4-6,8-10,15H,7,11-12H2,1-3H3. The number of hydrogen-bond acceptors (Lipinski definition) is 1. The average molecular weight is 246 g/mol. The van der Waals surface area contributed by atoms with Gasteiger partial charge in [0.05, 0.1) is 0 Å². The monoisotopic (exact) mass is 246 g/mol. The van der Waals surface area contributed by atoms with E-state index in [-0.39, 0.29) is 0 Å². The Hall–Kier alpha value is -0.690. The molecule has 0 nitrogen and oxygen atoms in total. The van der Waals surface area contributed by atoms with Crippen LogP contribution in [0.2, 0.25) is 0 Å². The minimum absolute atomic E-state index is 0.459. The zero-order chi connectivity index (χ0) is 12.3. The molecule has 0 saturated carbocycles. The zero-order valence-electron chi connectivity index (χ0n) is 11.1. The first-order chi connectivity index (χ1) is 8.09. The Kier molecular flexibility index (Phi) is 3.98. The molecule has 92 valence electrons. The van der Waals surface area contributed by atoms with E-state index in [0.29, 0.717) is 5.41 Å². The molecule has 17 heavy (non-hydrogen) atoms. The highest BCUT2D eigenvalue weighted by molar-refractivity contribution is 7.99. The van der Waals surface area contributed by atoms with Gasteiger partial charge in [-0.15, -0.1) is 11.8 Å². The molecule has 2 rings (SSSR count). The largest absolute Gasteiger partial charge is 0.126 e. The minimum Gasteiger partial charge on any atom is -0.126 e. The van der Waals surface area contributed by atoms with Gasteiger partial charge in [0.15, 0.2) is 0 Å². The van der Waals surface area contributed by atoms with E-state index < -0.39 is 0 Å². The Morgan fingerprint density at radius 3 is 2.59 bits per heavy atom. The van der Waals surface area contributed by atoms with Gasteiger partial charge in [0, 0.05) is 10.6 Å². The van der Waals surface area contributed by atoms with Gasteiger partial charge in [-0.2, -0.15) is 0 Å². The molecule has 0 spiro atoms. The molecule has 0 radical (unpaired) electrons. The quantitative estimate of drug-likeness (QED) is 0.524. The van der Waals surface area contributed by atoms with Crippen molar-refractivity contribution in [1.29, 1.82) is 0 Å². The summed E-state index contributed by atoms with van der Waals surface area (Å²) in [5.41, 5.74) is 2.05. The van der Waals surface area contributed by atoms with Gasteiger partial charge in [-0.3, -0.25) is 0 Å². The number of rotatable bonds is 3. The van der Waals surface area contributed by atoms with E-state index in [1.807, 2.05) is 11.8 Å². The van der Waals surface area contributed by atoms with Gasteiger partial charge in [0.1, 0.15) is 0 Å². The molecule has 0 aromatic heterocycles. The molecule has 1 aromatic carbocycles. The lowest BCUT2D eigenvalue weighted by Crippen LogP contribution is -2.29. The van der Waals surface area contributed by atoms with E-state index in [1.165, 1.54) is 23.5 Å². The van der Waals surface area contributed by atoms with Gasteiger partial charge in [0.25, 0.3) is 0 Å². The molecule has 1 aliphatic carbocycles. The summed E-state index contributed by atoms with van der Waals surface area (Å²) in [6, 6.07) is 10.7. The van der Waals surface area contributed by atoms with Crippen molar-refractivity contribution in [2.75, 3.05) is 5.75 Å². The number of hydrogen-bond donors (Lipinski definition) is 0. The Labute approximate surface area is 110 Å². The van der Waals surface area contributed by atoms with Gasteiger partial charge in [-0.1, -0.05) is 43.7 Å². The summed E-state index contributed by atoms with van der Waals surface area (Å²) >= 11 is 1.99. The van der Waals surface area contributed by atoms with Crippen LogP contribution in [-0.4, -0.2) is 5.75 Å². The summed E-state index contributed by atoms with van der Waals surface area (Å²) in [5, 5.41) is 0. The van der Waals surface area contributed by atoms with Crippen LogP contribution >= 0.6 is 11.8 Å². The third-order valence-corrected chi connectivity index (χ3v) is 5.01. The van der Waals surface area contributed by atoms with E-state index in [1.54, 1.807) is 5.57 Å². The molecule has 0 saturated heterocycles. The number of thioether (sulfide) groups is 1. The molecule has 0 aliphatic heterocycles. The first-order valence-corrected chi connectivity index (χ1v) is 7.43. The Morgan fingerprint density at radius 2 is 1.94 bits per heavy atom. The van der Waals surface area contributed by atoms with Gasteiger partial charge in [0.2, 0.25) is 0 Å². The normalized spacial score (nSPS) is 23.2. The van der Waals surface area contributed by atoms with Crippen molar-refractivity contribution >= 4 is 11.8 Å². The van der Waals surface area contributed by atoms with Gasteiger partial charge in [-0.05, 0) is 43.2 Å². The molecule has 1 aliphatic rings. The van der Waals surface area contributed by atoms with Crippen LogP contribution in [0.4, 0.5) is 0 Å². The zero-order valence-corrected chi connectivity index (χ0v) is 11.9. The molecular formula is C16H22S. The molecule has 0 fully saturated rings. The highest BCUT2D eigenvalue weighted by atomic mass is 32.2. The Morgan fingerprint density at radius 1 is 1.24 bits per heavy atom. The second-order valence-electron chi connectivity index (χ2n) is 5.65. The predicted octanol–water partition coefficient (Wildman–Crippen LogP) is 5.16. The highest BCUT2D eigenvalue weighted by Gasteiger charge is 2.32. The summed E-state index contributed by atoms with van der Waals surface area (Å²) in [7, 11) is 0. The maximum absolute atomic E-state index is 2.43. The van der Waals surface area contributed by atoms with Crippen LogP contribution in [0.5, 0.6) is 0 Å². The molecule has 1 atom stereocenters. The second kappa shape index (κ2) is 5.30. The van der Waals surface area contributed by atoms with E-state index >= 15 is 0 Å². The van der Waals surface area contributed by atoms with Gasteiger partial charge >= 0.3 is 0 Å². The summed E-state index contributed by atoms with van der Waals surface area (Å²) in [5.74, 6) is 1.93. The summed E-state index contributed by atoms with van der Waals surface area (Å²) < 4.78 is 0. The third-order valence-electron chi connectivity index (χ3n) is 3.91. The smallest absolute Gasteiger partial charge is 0.00721 e. The Balaban J connectivity index is 2.02. The van der Waals surface area contributed by atoms with E-state index in [2.05, 4.69) is 57.2 Å². The molecule has 0 bridgehead atoms. The summed E-state index contributed by atoms with van der Waals surface area (Å²) in [6.45, 7) is 7.14. The van der Waals surface area contributed by atoms with E-state index in [9.17, 15) is 0 Å². The van der Waals surface area contributed by atoms with Crippen LogP contribution in [0.25, 0.3) is 0 Å². The van der Waals surface area contributed by atoms with Crippen LogP contribution in [0.15, 0.2) is 46.9 Å². The molecule has 0 heterocycles. The lowest BCUT2D eigenvalue weighted by Gasteiger charge is -2.38. The van der Waals surface area contributed by atoms with E-state index in [0.717, 1.165) is 5.92 Å². The van der Waals surface area contributed by atoms with Crippen LogP contribution in [-0.2, 0) is 0 Å². The highest BCUT2D eigenvalue weighted by Crippen LogP contribution is 2.43. The lowest BCUT2D eigenvalue weighted by atomic mass is 9.70. The van der Waals surface area contributed by atoms with Crippen LogP contribution in [0.3, 0.4) is 0 Å². The molecule has 1 unspecified atom stereocenters. The van der Waals surface area contributed by atoms with Crippen molar-refractivity contribution in [3.05, 3.63) is 42.0 Å². The maximum Gasteiger partial charge on any atom is 0.00721 e. The molecule has 0 N–H and O–H groups in total. The molecule has 1 heteroatoms. The van der Waals surface area contributed by atoms with E-state index in [4.69, 9.17) is 0 Å². The van der Waals surface area contributed by atoms with Crippen molar-refractivity contribution in [1.82, 2.24) is 0 Å². The van der Waals surface area contributed by atoms with Crippen molar-refractivity contribution in [3.63, 3.8) is 0 Å². The van der Waals surface area contributed by atoms with Crippen LogP contribution in [0, 0.1) is 11.3 Å². The lowest BCUT2D eigenvalue weighted by molar-refractivity contribution is 0.235. The van der Waals surface area contributed by atoms with Crippen molar-refractivity contribution in [3.8, 4) is 0 Å². The van der Waals surface area contributed by atoms with Crippen molar-refractivity contribution in [2.24, 2.45) is 11.3 Å². The topological polar surface area (TPSA) is 0 Å². The van der Waals surface area contributed by atoms with Crippen LogP contribution in [0.1, 0.15) is 33.6 Å². The van der Waals surface area contributed by atoms with Gasteiger partial charge in [-0.25, -0.2) is 0 Å². The predicted molar refractivity (Wildman–Crippen MR) is 77.4 cm³/mol. The first-order valence-electron chi connectivity index (χ1n) is 6.44. The number of benzene rings is 1. The minimum atomic E-state index is 0.459. The molecular weight excluding hydrogens is 224 g/mol. The fourth-order valence-electron chi connectivity index (χ4n) is 2.66. The third kappa shape index (κ3) is 3.16. The summed E-state index contributed by atoms with van der Waals surface area (Å²) in [4.78, 5) is 1.39.